The summed E-state index contributed by atoms with van der Waals surface area (Å²) in [5, 5.41) is 5.60. The molecule has 0 spiro atoms. The highest BCUT2D eigenvalue weighted by Crippen LogP contribution is 2.20. The first-order chi connectivity index (χ1) is 19.4. The van der Waals surface area contributed by atoms with Crippen molar-refractivity contribution in [2.45, 2.75) is 44.9 Å². The molecule has 2 unspecified atom stereocenters. The molecule has 2 N–H and O–H groups in total. The topological polar surface area (TPSA) is 97.0 Å². The molecule has 3 atom stereocenters. The van der Waals surface area contributed by atoms with Crippen molar-refractivity contribution in [3.63, 3.8) is 0 Å². The van der Waals surface area contributed by atoms with Gasteiger partial charge < -0.3 is 25.0 Å². The van der Waals surface area contributed by atoms with Crippen molar-refractivity contribution < 1.29 is 23.9 Å². The number of allylic oxidation sites excluding steroid dienone is 1. The maximum Gasteiger partial charge on any atom is 0.242 e. The molecule has 3 rings (SSSR count). The molecule has 0 aliphatic carbocycles. The molecule has 1 fully saturated rings. The molecule has 1 aliphatic heterocycles. The Morgan fingerprint density at radius 2 is 1.85 bits per heavy atom. The van der Waals surface area contributed by atoms with Crippen LogP contribution in [-0.4, -0.2) is 68.1 Å². The summed E-state index contributed by atoms with van der Waals surface area (Å²) in [4.78, 5) is 40.4. The Bertz CT molecular complexity index is 1140. The van der Waals surface area contributed by atoms with Crippen LogP contribution >= 0.6 is 0 Å². The second-order valence-electron chi connectivity index (χ2n) is 10.0. The van der Waals surface area contributed by atoms with Gasteiger partial charge in [0.2, 0.25) is 17.7 Å². The lowest BCUT2D eigenvalue weighted by Gasteiger charge is -2.28. The number of rotatable bonds is 8. The lowest BCUT2D eigenvalue weighted by molar-refractivity contribution is -0.136. The number of hydrogen-bond acceptors (Lipinski definition) is 5. The summed E-state index contributed by atoms with van der Waals surface area (Å²) in [6.45, 7) is 7.14. The number of nitrogens with zero attached hydrogens (tertiary/aromatic N) is 1. The van der Waals surface area contributed by atoms with Crippen LogP contribution in [0.3, 0.4) is 0 Å². The van der Waals surface area contributed by atoms with Crippen LogP contribution in [0.5, 0.6) is 0 Å². The predicted octanol–water partition coefficient (Wildman–Crippen LogP) is 3.74. The van der Waals surface area contributed by atoms with Crippen LogP contribution in [0, 0.1) is 5.92 Å². The average Bonchev–Trinajstić information content (AvgIpc) is 2.97. The fourth-order valence-corrected chi connectivity index (χ4v) is 4.59. The summed E-state index contributed by atoms with van der Waals surface area (Å²) in [5.74, 6) is -1.27. The molecule has 0 bridgehead atoms. The van der Waals surface area contributed by atoms with Gasteiger partial charge in [-0.15, -0.1) is 0 Å². The smallest absolute Gasteiger partial charge is 0.242 e. The Kier molecular flexibility index (Phi) is 12.6. The summed E-state index contributed by atoms with van der Waals surface area (Å²) in [6, 6.07) is 18.9. The lowest BCUT2D eigenvalue weighted by atomic mass is 9.95. The maximum absolute atomic E-state index is 13.7. The summed E-state index contributed by atoms with van der Waals surface area (Å²) in [5.41, 5.74) is 2.76. The molecule has 0 aromatic heterocycles. The van der Waals surface area contributed by atoms with Gasteiger partial charge >= 0.3 is 0 Å². The highest BCUT2D eigenvalue weighted by Gasteiger charge is 2.32. The Labute approximate surface area is 237 Å². The van der Waals surface area contributed by atoms with E-state index in [0.717, 1.165) is 16.7 Å². The summed E-state index contributed by atoms with van der Waals surface area (Å²) in [7, 11) is 1.55. The van der Waals surface area contributed by atoms with E-state index in [9.17, 15) is 14.4 Å². The minimum atomic E-state index is -0.734. The van der Waals surface area contributed by atoms with Gasteiger partial charge in [0.25, 0.3) is 0 Å². The van der Waals surface area contributed by atoms with Gasteiger partial charge in [-0.25, -0.2) is 0 Å². The highest BCUT2D eigenvalue weighted by atomic mass is 16.5. The molecule has 1 saturated heterocycles. The van der Waals surface area contributed by atoms with Crippen LogP contribution in [0.1, 0.15) is 37.3 Å². The Hall–Kier alpha value is -3.75. The van der Waals surface area contributed by atoms with Crippen molar-refractivity contribution in [3.8, 4) is 0 Å². The number of nitrogens with one attached hydrogen (secondary N) is 2. The van der Waals surface area contributed by atoms with Crippen LogP contribution in [0.4, 0.5) is 0 Å². The molecule has 0 radical (unpaired) electrons. The molecule has 214 valence electrons. The van der Waals surface area contributed by atoms with Crippen molar-refractivity contribution in [2.75, 3.05) is 33.4 Å². The van der Waals surface area contributed by atoms with Crippen LogP contribution in [-0.2, 0) is 30.5 Å². The molecule has 2 aromatic carbocycles. The third-order valence-corrected chi connectivity index (χ3v) is 6.84. The highest BCUT2D eigenvalue weighted by molar-refractivity contribution is 5.88. The van der Waals surface area contributed by atoms with Crippen molar-refractivity contribution in [1.29, 1.82) is 0 Å². The zero-order chi connectivity index (χ0) is 28.7. The number of benzene rings is 2. The minimum absolute atomic E-state index is 0.0804. The first-order valence-electron chi connectivity index (χ1n) is 13.8. The van der Waals surface area contributed by atoms with E-state index in [1.807, 2.05) is 72.8 Å². The number of ether oxygens (including phenoxy) is 2. The summed E-state index contributed by atoms with van der Waals surface area (Å²) in [6.07, 6.45) is 4.63. The first-order valence-corrected chi connectivity index (χ1v) is 13.8. The van der Waals surface area contributed by atoms with Crippen LogP contribution in [0.25, 0.3) is 6.08 Å². The van der Waals surface area contributed by atoms with Gasteiger partial charge in [-0.2, -0.15) is 0 Å². The molecular formula is C32H41N3O5. The van der Waals surface area contributed by atoms with E-state index in [1.54, 1.807) is 11.9 Å². The Morgan fingerprint density at radius 3 is 2.52 bits per heavy atom. The summed E-state index contributed by atoms with van der Waals surface area (Å²) >= 11 is 0. The van der Waals surface area contributed by atoms with E-state index < -0.39 is 18.1 Å². The normalized spacial score (nSPS) is 21.1. The van der Waals surface area contributed by atoms with E-state index >= 15 is 0 Å². The van der Waals surface area contributed by atoms with E-state index in [-0.39, 0.29) is 30.9 Å². The number of likely N-dealkylation sites (N-methyl/N-ethyl adjacent to an activating group) is 1. The van der Waals surface area contributed by atoms with Crippen LogP contribution in [0.15, 0.2) is 78.9 Å². The van der Waals surface area contributed by atoms with E-state index in [1.165, 1.54) is 6.92 Å². The van der Waals surface area contributed by atoms with Gasteiger partial charge in [0.15, 0.2) is 0 Å². The summed E-state index contributed by atoms with van der Waals surface area (Å²) < 4.78 is 12.3. The van der Waals surface area contributed by atoms with Gasteiger partial charge in [-0.05, 0) is 36.0 Å². The number of carbonyl (C=O) groups is 3. The largest absolute Gasteiger partial charge is 0.374 e. The van der Waals surface area contributed by atoms with Crippen molar-refractivity contribution in [3.05, 3.63) is 90.0 Å². The van der Waals surface area contributed by atoms with Crippen molar-refractivity contribution in [2.24, 2.45) is 5.92 Å². The van der Waals surface area contributed by atoms with Crippen molar-refractivity contribution in [1.82, 2.24) is 15.5 Å². The Morgan fingerprint density at radius 1 is 1.15 bits per heavy atom. The van der Waals surface area contributed by atoms with Crippen LogP contribution < -0.4 is 10.6 Å². The fourth-order valence-electron chi connectivity index (χ4n) is 4.59. The second kappa shape index (κ2) is 16.4. The first kappa shape index (κ1) is 30.8. The molecule has 3 amide bonds. The molecule has 1 aliphatic rings. The zero-order valence-corrected chi connectivity index (χ0v) is 23.5. The van der Waals surface area contributed by atoms with Crippen molar-refractivity contribution >= 4 is 23.8 Å². The maximum atomic E-state index is 13.7. The van der Waals surface area contributed by atoms with Gasteiger partial charge in [0, 0.05) is 27.1 Å². The molecular weight excluding hydrogens is 506 g/mol. The average molecular weight is 548 g/mol. The molecule has 0 saturated carbocycles. The van der Waals surface area contributed by atoms with Gasteiger partial charge in [0.1, 0.15) is 6.04 Å². The van der Waals surface area contributed by atoms with E-state index in [2.05, 4.69) is 17.2 Å². The third kappa shape index (κ3) is 10.1. The lowest BCUT2D eigenvalue weighted by Crippen LogP contribution is -2.50. The van der Waals surface area contributed by atoms with Gasteiger partial charge in [0.05, 0.1) is 31.8 Å². The fraction of sp³-hybridized carbons (Fsp3) is 0.406. The van der Waals surface area contributed by atoms with E-state index in [4.69, 9.17) is 9.47 Å². The molecule has 40 heavy (non-hydrogen) atoms. The number of hydrogen-bond donors (Lipinski definition) is 2. The van der Waals surface area contributed by atoms with Crippen LogP contribution in [0.2, 0.25) is 0 Å². The number of carbonyl (C=O) groups excluding carboxylic acids is 3. The quantitative estimate of drug-likeness (QED) is 0.491. The predicted molar refractivity (Wildman–Crippen MR) is 156 cm³/mol. The molecule has 8 heteroatoms. The number of amides is 3. The zero-order valence-electron chi connectivity index (χ0n) is 23.5. The standard InChI is InChI=1S/C32H41N3O5/c1-24-20-35(25(2)36)19-11-18-29(32(38)33-3)34-31(37)28(17-10-16-26-12-6-4-7-13-26)30(40-21-24)23-39-22-27-14-8-5-9-15-27/h4-10,12-16,28-30H,1,11,17-23H2,2-3H3,(H,33,38)(H,34,37)/b16-10+/t28?,29?,30-/m1/s1. The second-order valence-corrected chi connectivity index (χ2v) is 10.0. The Balaban J connectivity index is 1.87. The van der Waals surface area contributed by atoms with E-state index in [0.29, 0.717) is 39.0 Å². The minimum Gasteiger partial charge on any atom is -0.374 e. The molecule has 8 nitrogen and oxygen atoms in total. The molecule has 1 heterocycles. The SMILES string of the molecule is C=C1CO[C@H](COCc2ccccc2)C(C/C=C/c2ccccc2)C(=O)NC(C(=O)NC)CCCN(C(C)=O)C1. The van der Waals surface area contributed by atoms with Gasteiger partial charge in [-0.1, -0.05) is 79.4 Å². The third-order valence-electron chi connectivity index (χ3n) is 6.84. The van der Waals surface area contributed by atoms with Gasteiger partial charge in [-0.3, -0.25) is 14.4 Å². The monoisotopic (exact) mass is 547 g/mol. The molecule has 2 aromatic rings.